The molecule has 0 unspecified atom stereocenters. The number of anilines is 1. The molecule has 0 heterocycles. The maximum Gasteiger partial charge on any atom is 0.329 e. The van der Waals surface area contributed by atoms with Crippen molar-refractivity contribution in [1.29, 1.82) is 0 Å². The molecule has 3 N–H and O–H groups in total. The summed E-state index contributed by atoms with van der Waals surface area (Å²) in [5.74, 6) is -1.07. The van der Waals surface area contributed by atoms with Crippen molar-refractivity contribution in [3.8, 4) is 0 Å². The number of carbonyl (C=O) groups excluding carboxylic acids is 1. The van der Waals surface area contributed by atoms with Crippen LogP contribution in [0.1, 0.15) is 20.3 Å². The van der Waals surface area contributed by atoms with Crippen molar-refractivity contribution in [1.82, 2.24) is 5.32 Å². The number of aliphatic carboxylic acids is 1. The average Bonchev–Trinajstić information content (AvgIpc) is 2.31. The summed E-state index contributed by atoms with van der Waals surface area (Å²) < 4.78 is 0. The third-order valence-corrected chi connectivity index (χ3v) is 2.92. The topological polar surface area (TPSA) is 78.4 Å². The van der Waals surface area contributed by atoms with Gasteiger partial charge in [0.05, 0.1) is 0 Å². The monoisotopic (exact) mass is 270 g/mol. The molecule has 2 amide bonds. The molecule has 0 saturated carbocycles. The predicted octanol–water partition coefficient (Wildman–Crippen LogP) is 2.71. The van der Waals surface area contributed by atoms with Crippen LogP contribution in [0, 0.1) is 0 Å². The van der Waals surface area contributed by atoms with E-state index < -0.39 is 17.5 Å². The molecule has 98 valence electrons. The van der Waals surface area contributed by atoms with E-state index in [-0.39, 0.29) is 6.42 Å². The molecular weight excluding hydrogens is 256 g/mol. The number of amides is 2. The van der Waals surface area contributed by atoms with Crippen LogP contribution in [0.3, 0.4) is 0 Å². The van der Waals surface area contributed by atoms with E-state index in [9.17, 15) is 9.59 Å². The van der Waals surface area contributed by atoms with Crippen molar-refractivity contribution in [3.05, 3.63) is 29.3 Å². The van der Waals surface area contributed by atoms with Crippen LogP contribution >= 0.6 is 11.6 Å². The van der Waals surface area contributed by atoms with Gasteiger partial charge in [-0.05, 0) is 37.6 Å². The molecule has 6 heteroatoms. The molecule has 0 aliphatic rings. The first kappa shape index (κ1) is 14.3. The zero-order valence-electron chi connectivity index (χ0n) is 10.2. The van der Waals surface area contributed by atoms with Gasteiger partial charge in [0, 0.05) is 10.7 Å². The smallest absolute Gasteiger partial charge is 0.329 e. The molecule has 0 bridgehead atoms. The van der Waals surface area contributed by atoms with Gasteiger partial charge in [0.2, 0.25) is 0 Å². The van der Waals surface area contributed by atoms with Crippen LogP contribution in [-0.2, 0) is 4.79 Å². The number of carboxylic acid groups (broad SMARTS) is 1. The van der Waals surface area contributed by atoms with Crippen molar-refractivity contribution < 1.29 is 14.7 Å². The van der Waals surface area contributed by atoms with Gasteiger partial charge in [-0.3, -0.25) is 0 Å². The van der Waals surface area contributed by atoms with Crippen molar-refractivity contribution in [3.63, 3.8) is 0 Å². The Hall–Kier alpha value is -1.75. The van der Waals surface area contributed by atoms with Crippen LogP contribution in [-0.4, -0.2) is 22.6 Å². The standard InChI is InChI=1S/C12H15ClN2O3/c1-3-12(2,10(16)17)15-11(18)14-9-6-4-8(13)5-7-9/h4-7H,3H2,1-2H3,(H,16,17)(H2,14,15,18)/t12-/m0/s1. The normalized spacial score (nSPS) is 13.5. The zero-order valence-corrected chi connectivity index (χ0v) is 10.9. The van der Waals surface area contributed by atoms with Crippen molar-refractivity contribution in [2.75, 3.05) is 5.32 Å². The number of nitrogens with one attached hydrogen (secondary N) is 2. The van der Waals surface area contributed by atoms with E-state index in [4.69, 9.17) is 16.7 Å². The van der Waals surface area contributed by atoms with Crippen LogP contribution in [0.2, 0.25) is 5.02 Å². The number of hydrogen-bond acceptors (Lipinski definition) is 2. The molecule has 0 radical (unpaired) electrons. The van der Waals surface area contributed by atoms with E-state index in [0.29, 0.717) is 10.7 Å². The number of halogens is 1. The predicted molar refractivity (Wildman–Crippen MR) is 69.9 cm³/mol. The second-order valence-electron chi connectivity index (χ2n) is 4.08. The van der Waals surface area contributed by atoms with Gasteiger partial charge < -0.3 is 15.7 Å². The number of carbonyl (C=O) groups is 2. The number of urea groups is 1. The molecule has 0 saturated heterocycles. The van der Waals surface area contributed by atoms with Crippen LogP contribution in [0.15, 0.2) is 24.3 Å². The molecule has 0 aliphatic heterocycles. The SMILES string of the molecule is CC[C@](C)(NC(=O)Nc1ccc(Cl)cc1)C(=O)O. The van der Waals surface area contributed by atoms with E-state index in [1.165, 1.54) is 6.92 Å². The molecule has 5 nitrogen and oxygen atoms in total. The minimum absolute atomic E-state index is 0.288. The minimum atomic E-state index is -1.28. The quantitative estimate of drug-likeness (QED) is 0.787. The van der Waals surface area contributed by atoms with Gasteiger partial charge in [0.15, 0.2) is 0 Å². The highest BCUT2D eigenvalue weighted by Crippen LogP contribution is 2.14. The Morgan fingerprint density at radius 1 is 1.33 bits per heavy atom. The average molecular weight is 271 g/mol. The molecular formula is C12H15ClN2O3. The molecule has 0 aromatic heterocycles. The Morgan fingerprint density at radius 3 is 2.33 bits per heavy atom. The summed E-state index contributed by atoms with van der Waals surface area (Å²) in [6.07, 6.45) is 0.288. The fourth-order valence-electron chi connectivity index (χ4n) is 1.24. The number of carboxylic acids is 1. The lowest BCUT2D eigenvalue weighted by Crippen LogP contribution is -2.53. The van der Waals surface area contributed by atoms with Crippen LogP contribution in [0.5, 0.6) is 0 Å². The first-order valence-electron chi connectivity index (χ1n) is 5.45. The molecule has 0 fully saturated rings. The van der Waals surface area contributed by atoms with Gasteiger partial charge in [-0.15, -0.1) is 0 Å². The maximum absolute atomic E-state index is 11.7. The zero-order chi connectivity index (χ0) is 13.8. The Balaban J connectivity index is 2.66. The van der Waals surface area contributed by atoms with Gasteiger partial charge >= 0.3 is 12.0 Å². The van der Waals surface area contributed by atoms with Gasteiger partial charge in [0.1, 0.15) is 5.54 Å². The first-order valence-corrected chi connectivity index (χ1v) is 5.83. The Labute approximate surface area is 110 Å². The highest BCUT2D eigenvalue weighted by atomic mass is 35.5. The summed E-state index contributed by atoms with van der Waals surface area (Å²) >= 11 is 5.71. The number of rotatable bonds is 4. The number of hydrogen-bond donors (Lipinski definition) is 3. The fraction of sp³-hybridized carbons (Fsp3) is 0.333. The molecule has 0 spiro atoms. The molecule has 1 aromatic carbocycles. The Bertz CT molecular complexity index is 447. The summed E-state index contributed by atoms with van der Waals surface area (Å²) in [7, 11) is 0. The van der Waals surface area contributed by atoms with Crippen molar-refractivity contribution in [2.24, 2.45) is 0 Å². The summed E-state index contributed by atoms with van der Waals surface area (Å²) in [6, 6.07) is 5.96. The lowest BCUT2D eigenvalue weighted by Gasteiger charge is -2.24. The van der Waals surface area contributed by atoms with Gasteiger partial charge in [-0.1, -0.05) is 18.5 Å². The summed E-state index contributed by atoms with van der Waals surface area (Å²) in [6.45, 7) is 3.15. The van der Waals surface area contributed by atoms with Gasteiger partial charge in [0.25, 0.3) is 0 Å². The molecule has 1 atom stereocenters. The molecule has 18 heavy (non-hydrogen) atoms. The second-order valence-corrected chi connectivity index (χ2v) is 4.51. The Kier molecular flexibility index (Phi) is 4.55. The third-order valence-electron chi connectivity index (χ3n) is 2.67. The Morgan fingerprint density at radius 2 is 1.89 bits per heavy atom. The van der Waals surface area contributed by atoms with Crippen LogP contribution in [0.25, 0.3) is 0 Å². The van der Waals surface area contributed by atoms with E-state index in [0.717, 1.165) is 0 Å². The minimum Gasteiger partial charge on any atom is -0.480 e. The molecule has 1 rings (SSSR count). The lowest BCUT2D eigenvalue weighted by molar-refractivity contribution is -0.143. The van der Waals surface area contributed by atoms with Crippen LogP contribution in [0.4, 0.5) is 10.5 Å². The summed E-state index contributed by atoms with van der Waals surface area (Å²) in [4.78, 5) is 22.7. The highest BCUT2D eigenvalue weighted by molar-refractivity contribution is 6.30. The summed E-state index contributed by atoms with van der Waals surface area (Å²) in [5, 5.41) is 14.5. The molecule has 1 aromatic rings. The largest absolute Gasteiger partial charge is 0.480 e. The fourth-order valence-corrected chi connectivity index (χ4v) is 1.37. The maximum atomic E-state index is 11.7. The number of benzene rings is 1. The van der Waals surface area contributed by atoms with E-state index in [1.54, 1.807) is 31.2 Å². The highest BCUT2D eigenvalue weighted by Gasteiger charge is 2.32. The van der Waals surface area contributed by atoms with Crippen molar-refractivity contribution in [2.45, 2.75) is 25.8 Å². The molecule has 0 aliphatic carbocycles. The van der Waals surface area contributed by atoms with Gasteiger partial charge in [-0.25, -0.2) is 9.59 Å². The first-order chi connectivity index (χ1) is 8.37. The van der Waals surface area contributed by atoms with E-state index in [2.05, 4.69) is 10.6 Å². The van der Waals surface area contributed by atoms with E-state index >= 15 is 0 Å². The van der Waals surface area contributed by atoms with Crippen molar-refractivity contribution >= 4 is 29.3 Å². The summed E-state index contributed by atoms with van der Waals surface area (Å²) in [5.41, 5.74) is -0.739. The van der Waals surface area contributed by atoms with E-state index in [1.807, 2.05) is 0 Å². The van der Waals surface area contributed by atoms with Crippen LogP contribution < -0.4 is 10.6 Å². The lowest BCUT2D eigenvalue weighted by atomic mass is 10.00. The second kappa shape index (κ2) is 5.73. The van der Waals surface area contributed by atoms with Gasteiger partial charge in [-0.2, -0.15) is 0 Å². The third kappa shape index (κ3) is 3.63.